The van der Waals surface area contributed by atoms with Crippen molar-refractivity contribution < 1.29 is 9.53 Å². The Labute approximate surface area is 145 Å². The van der Waals surface area contributed by atoms with Gasteiger partial charge < -0.3 is 9.64 Å². The molecule has 124 valence electrons. The summed E-state index contributed by atoms with van der Waals surface area (Å²) >= 11 is 5.30. The lowest BCUT2D eigenvalue weighted by Gasteiger charge is -2.37. The molecule has 2 rings (SSSR count). The van der Waals surface area contributed by atoms with Gasteiger partial charge in [0, 0.05) is 37.6 Å². The normalized spacial score (nSPS) is 17.5. The van der Waals surface area contributed by atoms with Crippen LogP contribution in [0.3, 0.4) is 0 Å². The average molecular weight is 389 g/mol. The van der Waals surface area contributed by atoms with Crippen molar-refractivity contribution in [3.63, 3.8) is 0 Å². The number of thiophene rings is 1. The van der Waals surface area contributed by atoms with E-state index in [0.717, 1.165) is 32.5 Å². The van der Waals surface area contributed by atoms with Gasteiger partial charge in [0.25, 0.3) is 0 Å². The molecule has 0 saturated carbocycles. The minimum Gasteiger partial charge on any atom is -0.444 e. The summed E-state index contributed by atoms with van der Waals surface area (Å²) < 4.78 is 6.63. The molecule has 1 saturated heterocycles. The second kappa shape index (κ2) is 7.32. The van der Waals surface area contributed by atoms with Crippen molar-refractivity contribution in [1.82, 2.24) is 9.80 Å². The highest BCUT2D eigenvalue weighted by Crippen LogP contribution is 2.25. The van der Waals surface area contributed by atoms with Crippen LogP contribution in [0.5, 0.6) is 0 Å². The standard InChI is InChI=1S/C16H25BrN2O2S/c1-16(2,3)21-15(20)18(4)12-7-9-19(10-8-12)11-13-5-6-14(17)22-13/h5-6,12H,7-11H2,1-4H3. The number of halogens is 1. The van der Waals surface area contributed by atoms with Crippen molar-refractivity contribution in [1.29, 1.82) is 0 Å². The van der Waals surface area contributed by atoms with Gasteiger partial charge in [-0.2, -0.15) is 0 Å². The Morgan fingerprint density at radius 2 is 2.05 bits per heavy atom. The van der Waals surface area contributed by atoms with Crippen LogP contribution in [0.25, 0.3) is 0 Å². The maximum Gasteiger partial charge on any atom is 0.410 e. The monoisotopic (exact) mass is 388 g/mol. The largest absolute Gasteiger partial charge is 0.444 e. The van der Waals surface area contributed by atoms with E-state index in [1.165, 1.54) is 8.66 Å². The Hall–Kier alpha value is -0.590. The number of nitrogens with zero attached hydrogens (tertiary/aromatic N) is 2. The van der Waals surface area contributed by atoms with Crippen LogP contribution < -0.4 is 0 Å². The van der Waals surface area contributed by atoms with Crippen LogP contribution >= 0.6 is 27.3 Å². The molecule has 0 aliphatic carbocycles. The predicted octanol–water partition coefficient (Wildman–Crippen LogP) is 4.34. The first-order valence-electron chi connectivity index (χ1n) is 7.67. The molecule has 1 fully saturated rings. The second-order valence-electron chi connectivity index (χ2n) is 6.80. The lowest BCUT2D eigenvalue weighted by molar-refractivity contribution is 0.0149. The van der Waals surface area contributed by atoms with E-state index in [0.29, 0.717) is 0 Å². The van der Waals surface area contributed by atoms with Crippen LogP contribution in [0.15, 0.2) is 15.9 Å². The molecule has 0 N–H and O–H groups in total. The molecule has 2 heterocycles. The molecular weight excluding hydrogens is 364 g/mol. The quantitative estimate of drug-likeness (QED) is 0.771. The van der Waals surface area contributed by atoms with Gasteiger partial charge in [0.05, 0.1) is 3.79 Å². The van der Waals surface area contributed by atoms with Gasteiger partial charge in [-0.1, -0.05) is 0 Å². The van der Waals surface area contributed by atoms with Gasteiger partial charge in [0.15, 0.2) is 0 Å². The molecule has 1 amide bonds. The summed E-state index contributed by atoms with van der Waals surface area (Å²) in [6.45, 7) is 8.75. The lowest BCUT2D eigenvalue weighted by atomic mass is 10.0. The predicted molar refractivity (Wildman–Crippen MR) is 94.3 cm³/mol. The van der Waals surface area contributed by atoms with Crippen LogP contribution in [0.1, 0.15) is 38.5 Å². The molecule has 6 heteroatoms. The number of carbonyl (C=O) groups is 1. The number of rotatable bonds is 3. The van der Waals surface area contributed by atoms with E-state index >= 15 is 0 Å². The van der Waals surface area contributed by atoms with Crippen molar-refractivity contribution >= 4 is 33.4 Å². The zero-order chi connectivity index (χ0) is 16.3. The van der Waals surface area contributed by atoms with Gasteiger partial charge >= 0.3 is 6.09 Å². The van der Waals surface area contributed by atoms with E-state index in [9.17, 15) is 4.79 Å². The highest BCUT2D eigenvalue weighted by molar-refractivity contribution is 9.11. The molecule has 22 heavy (non-hydrogen) atoms. The number of piperidine rings is 1. The molecule has 0 radical (unpaired) electrons. The third-order valence-electron chi connectivity index (χ3n) is 3.79. The molecule has 1 aromatic heterocycles. The molecule has 1 aliphatic rings. The molecule has 0 aromatic carbocycles. The van der Waals surface area contributed by atoms with Gasteiger partial charge in [-0.3, -0.25) is 4.90 Å². The van der Waals surface area contributed by atoms with Crippen molar-refractivity contribution in [3.05, 3.63) is 20.8 Å². The molecule has 0 atom stereocenters. The maximum atomic E-state index is 12.1. The van der Waals surface area contributed by atoms with Gasteiger partial charge in [-0.25, -0.2) is 4.79 Å². The zero-order valence-corrected chi connectivity index (χ0v) is 16.2. The lowest BCUT2D eigenvalue weighted by Crippen LogP contribution is -2.46. The smallest absolute Gasteiger partial charge is 0.410 e. The van der Waals surface area contributed by atoms with E-state index < -0.39 is 5.60 Å². The fraction of sp³-hybridized carbons (Fsp3) is 0.688. The molecule has 1 aliphatic heterocycles. The summed E-state index contributed by atoms with van der Waals surface area (Å²) in [5.41, 5.74) is -0.432. The van der Waals surface area contributed by atoms with Crippen LogP contribution in [-0.4, -0.2) is 47.7 Å². The summed E-state index contributed by atoms with van der Waals surface area (Å²) in [5, 5.41) is 0. The molecule has 0 unspecified atom stereocenters. The van der Waals surface area contributed by atoms with Crippen LogP contribution in [-0.2, 0) is 11.3 Å². The summed E-state index contributed by atoms with van der Waals surface area (Å²) in [4.78, 5) is 17.7. The van der Waals surface area contributed by atoms with E-state index in [2.05, 4.69) is 33.0 Å². The van der Waals surface area contributed by atoms with Crippen LogP contribution in [0.4, 0.5) is 4.79 Å². The number of likely N-dealkylation sites (tertiary alicyclic amines) is 1. The number of amides is 1. The molecule has 4 nitrogen and oxygen atoms in total. The molecular formula is C16H25BrN2O2S. The van der Waals surface area contributed by atoms with Gasteiger partial charge in [0.2, 0.25) is 0 Å². The van der Waals surface area contributed by atoms with Gasteiger partial charge in [0.1, 0.15) is 5.60 Å². The van der Waals surface area contributed by atoms with Gasteiger partial charge in [-0.15, -0.1) is 11.3 Å². The summed E-state index contributed by atoms with van der Waals surface area (Å²) in [6.07, 6.45) is 1.79. The van der Waals surface area contributed by atoms with Gasteiger partial charge in [-0.05, 0) is 61.7 Å². The minimum absolute atomic E-state index is 0.215. The minimum atomic E-state index is -0.432. The third kappa shape index (κ3) is 5.25. The second-order valence-corrected chi connectivity index (χ2v) is 9.35. The van der Waals surface area contributed by atoms with E-state index in [1.54, 1.807) is 16.2 Å². The molecule has 0 spiro atoms. The fourth-order valence-electron chi connectivity index (χ4n) is 2.60. The van der Waals surface area contributed by atoms with Crippen molar-refractivity contribution in [2.45, 2.75) is 51.8 Å². The molecule has 1 aromatic rings. The van der Waals surface area contributed by atoms with Crippen molar-refractivity contribution in [2.24, 2.45) is 0 Å². The Morgan fingerprint density at radius 3 is 2.55 bits per heavy atom. The highest BCUT2D eigenvalue weighted by Gasteiger charge is 2.28. The maximum absolute atomic E-state index is 12.1. The van der Waals surface area contributed by atoms with Crippen LogP contribution in [0.2, 0.25) is 0 Å². The SMILES string of the molecule is CN(C(=O)OC(C)(C)C)C1CCN(Cc2ccc(Br)s2)CC1. The van der Waals surface area contributed by atoms with E-state index in [-0.39, 0.29) is 12.1 Å². The summed E-state index contributed by atoms with van der Waals surface area (Å²) in [5.74, 6) is 0. The first-order valence-corrected chi connectivity index (χ1v) is 9.28. The number of ether oxygens (including phenoxy) is 1. The van der Waals surface area contributed by atoms with E-state index in [1.807, 2.05) is 27.8 Å². The summed E-state index contributed by atoms with van der Waals surface area (Å²) in [6, 6.07) is 4.55. The summed E-state index contributed by atoms with van der Waals surface area (Å²) in [7, 11) is 1.85. The Morgan fingerprint density at radius 1 is 1.41 bits per heavy atom. The van der Waals surface area contributed by atoms with Crippen LogP contribution in [0, 0.1) is 0 Å². The first kappa shape index (κ1) is 17.8. The number of carbonyl (C=O) groups excluding carboxylic acids is 1. The fourth-order valence-corrected chi connectivity index (χ4v) is 4.13. The molecule has 0 bridgehead atoms. The Balaban J connectivity index is 1.80. The topological polar surface area (TPSA) is 32.8 Å². The first-order chi connectivity index (χ1) is 10.2. The van der Waals surface area contributed by atoms with E-state index in [4.69, 9.17) is 4.74 Å². The average Bonchev–Trinajstić information content (AvgIpc) is 2.82. The highest BCUT2D eigenvalue weighted by atomic mass is 79.9. The Bertz CT molecular complexity index is 504. The van der Waals surface area contributed by atoms with Crippen molar-refractivity contribution in [2.75, 3.05) is 20.1 Å². The zero-order valence-electron chi connectivity index (χ0n) is 13.8. The number of hydrogen-bond acceptors (Lipinski definition) is 4. The third-order valence-corrected chi connectivity index (χ3v) is 5.40. The van der Waals surface area contributed by atoms with Crippen molar-refractivity contribution in [3.8, 4) is 0 Å². The Kier molecular flexibility index (Phi) is 5.91. The number of hydrogen-bond donors (Lipinski definition) is 0.